The molecule has 2 saturated heterocycles. The van der Waals surface area contributed by atoms with Crippen LogP contribution in [0.5, 0.6) is 0 Å². The van der Waals surface area contributed by atoms with Crippen LogP contribution in [0.1, 0.15) is 25.7 Å². The third kappa shape index (κ3) is 1.06. The van der Waals surface area contributed by atoms with E-state index in [-0.39, 0.29) is 0 Å². The molecule has 2 aliphatic heterocycles. The Kier molecular flexibility index (Phi) is 1.48. The smallest absolute Gasteiger partial charge is 0.223 e. The van der Waals surface area contributed by atoms with Gasteiger partial charge in [-0.05, 0) is 19.3 Å². The maximum absolute atomic E-state index is 11.2. The van der Waals surface area contributed by atoms with Crippen LogP contribution in [0.25, 0.3) is 0 Å². The van der Waals surface area contributed by atoms with E-state index in [1.807, 2.05) is 4.90 Å². The topological polar surface area (TPSA) is 20.3 Å². The number of fused-ring (bicyclic) bond motifs is 1. The minimum Gasteiger partial charge on any atom is -0.336 e. The molecular weight excluding hydrogens is 138 g/mol. The molecule has 2 heteroatoms. The first-order valence-electron chi connectivity index (χ1n) is 4.23. The molecule has 0 radical (unpaired) electrons. The first kappa shape index (κ1) is 6.89. The van der Waals surface area contributed by atoms with Crippen molar-refractivity contribution in [2.45, 2.75) is 31.7 Å². The zero-order valence-electron chi connectivity index (χ0n) is 6.68. The van der Waals surface area contributed by atoms with Gasteiger partial charge in [-0.15, -0.1) is 0 Å². The van der Waals surface area contributed by atoms with E-state index in [1.165, 1.54) is 5.57 Å². The number of rotatable bonds is 0. The highest BCUT2D eigenvalue weighted by Gasteiger charge is 2.33. The van der Waals surface area contributed by atoms with E-state index in [0.717, 1.165) is 32.2 Å². The maximum atomic E-state index is 11.2. The summed E-state index contributed by atoms with van der Waals surface area (Å²) in [4.78, 5) is 13.2. The van der Waals surface area contributed by atoms with Crippen molar-refractivity contribution in [3.63, 3.8) is 0 Å². The van der Waals surface area contributed by atoms with Gasteiger partial charge in [-0.1, -0.05) is 12.2 Å². The van der Waals surface area contributed by atoms with Crippen molar-refractivity contribution in [2.24, 2.45) is 0 Å². The Hall–Kier alpha value is -0.790. The lowest BCUT2D eigenvalue weighted by molar-refractivity contribution is -0.129. The van der Waals surface area contributed by atoms with Crippen LogP contribution in [0.2, 0.25) is 0 Å². The highest BCUT2D eigenvalue weighted by Crippen LogP contribution is 2.29. The number of nitrogens with zero attached hydrogens (tertiary/aromatic N) is 1. The van der Waals surface area contributed by atoms with Crippen LogP contribution in [-0.4, -0.2) is 23.4 Å². The van der Waals surface area contributed by atoms with E-state index >= 15 is 0 Å². The minimum absolute atomic E-state index is 0.329. The van der Waals surface area contributed by atoms with E-state index in [0.29, 0.717) is 11.9 Å². The molecule has 1 unspecified atom stereocenters. The van der Waals surface area contributed by atoms with Crippen molar-refractivity contribution in [1.29, 1.82) is 0 Å². The average Bonchev–Trinajstić information content (AvgIpc) is 2.33. The standard InChI is InChI=1S/C9H13NO/c1-7-2-3-8-4-5-9(11)10(8)6-7/h8H,1-6H2. The summed E-state index contributed by atoms with van der Waals surface area (Å²) >= 11 is 0. The molecule has 0 aromatic rings. The molecule has 0 spiro atoms. The second-order valence-corrected chi connectivity index (χ2v) is 3.50. The molecule has 1 amide bonds. The zero-order chi connectivity index (χ0) is 7.84. The Labute approximate surface area is 66.9 Å². The summed E-state index contributed by atoms with van der Waals surface area (Å²) in [6.07, 6.45) is 4.10. The normalized spacial score (nSPS) is 30.9. The van der Waals surface area contributed by atoms with Gasteiger partial charge in [0.2, 0.25) is 5.91 Å². The summed E-state index contributed by atoms with van der Waals surface area (Å²) in [5.41, 5.74) is 1.22. The van der Waals surface area contributed by atoms with Crippen molar-refractivity contribution in [3.8, 4) is 0 Å². The van der Waals surface area contributed by atoms with Gasteiger partial charge in [-0.3, -0.25) is 4.79 Å². The lowest BCUT2D eigenvalue weighted by Crippen LogP contribution is -2.37. The fourth-order valence-corrected chi connectivity index (χ4v) is 2.00. The van der Waals surface area contributed by atoms with Gasteiger partial charge in [0.05, 0.1) is 0 Å². The van der Waals surface area contributed by atoms with Crippen LogP contribution in [0.4, 0.5) is 0 Å². The van der Waals surface area contributed by atoms with Crippen LogP contribution in [-0.2, 0) is 4.79 Å². The summed E-state index contributed by atoms with van der Waals surface area (Å²) in [6.45, 7) is 4.74. The number of hydrogen-bond acceptors (Lipinski definition) is 1. The Balaban J connectivity index is 2.13. The first-order chi connectivity index (χ1) is 5.27. The third-order valence-corrected chi connectivity index (χ3v) is 2.68. The summed E-state index contributed by atoms with van der Waals surface area (Å²) < 4.78 is 0. The summed E-state index contributed by atoms with van der Waals surface area (Å²) in [5.74, 6) is 0.329. The molecule has 0 aromatic carbocycles. The summed E-state index contributed by atoms with van der Waals surface area (Å²) in [6, 6.07) is 0.549. The molecular formula is C9H13NO. The van der Waals surface area contributed by atoms with Gasteiger partial charge in [0.15, 0.2) is 0 Å². The van der Waals surface area contributed by atoms with Crippen molar-refractivity contribution in [1.82, 2.24) is 4.90 Å². The molecule has 0 aliphatic carbocycles. The number of piperidine rings is 1. The molecule has 2 nitrogen and oxygen atoms in total. The molecule has 2 rings (SSSR count). The first-order valence-corrected chi connectivity index (χ1v) is 4.23. The predicted octanol–water partition coefficient (Wildman–Crippen LogP) is 1.33. The number of carbonyl (C=O) groups excluding carboxylic acids is 1. The molecule has 60 valence electrons. The Morgan fingerprint density at radius 2 is 2.09 bits per heavy atom. The third-order valence-electron chi connectivity index (χ3n) is 2.68. The van der Waals surface area contributed by atoms with Crippen LogP contribution < -0.4 is 0 Å². The van der Waals surface area contributed by atoms with Gasteiger partial charge in [0.25, 0.3) is 0 Å². The van der Waals surface area contributed by atoms with Gasteiger partial charge in [0.1, 0.15) is 0 Å². The molecule has 0 bridgehead atoms. The lowest BCUT2D eigenvalue weighted by Gasteiger charge is -2.30. The lowest BCUT2D eigenvalue weighted by atomic mass is 10.00. The van der Waals surface area contributed by atoms with Crippen LogP contribution in [0, 0.1) is 0 Å². The van der Waals surface area contributed by atoms with E-state index < -0.39 is 0 Å². The highest BCUT2D eigenvalue weighted by molar-refractivity contribution is 5.79. The van der Waals surface area contributed by atoms with Crippen molar-refractivity contribution >= 4 is 5.91 Å². The van der Waals surface area contributed by atoms with Crippen molar-refractivity contribution in [2.75, 3.05) is 6.54 Å². The van der Waals surface area contributed by atoms with E-state index in [1.54, 1.807) is 0 Å². The van der Waals surface area contributed by atoms with Gasteiger partial charge in [-0.25, -0.2) is 0 Å². The Morgan fingerprint density at radius 3 is 2.91 bits per heavy atom. The summed E-state index contributed by atoms with van der Waals surface area (Å²) in [5, 5.41) is 0. The molecule has 0 aromatic heterocycles. The molecule has 2 aliphatic rings. The SMILES string of the molecule is C=C1CCC2CCC(=O)N2C1. The number of hydrogen-bond donors (Lipinski definition) is 0. The van der Waals surface area contributed by atoms with E-state index in [4.69, 9.17) is 0 Å². The van der Waals surface area contributed by atoms with Crippen LogP contribution >= 0.6 is 0 Å². The molecule has 2 fully saturated rings. The Morgan fingerprint density at radius 1 is 1.36 bits per heavy atom. The van der Waals surface area contributed by atoms with Crippen LogP contribution in [0.3, 0.4) is 0 Å². The predicted molar refractivity (Wildman–Crippen MR) is 43.1 cm³/mol. The highest BCUT2D eigenvalue weighted by atomic mass is 16.2. The minimum atomic E-state index is 0.329. The number of amides is 1. The number of carbonyl (C=O) groups is 1. The molecule has 2 heterocycles. The van der Waals surface area contributed by atoms with Crippen molar-refractivity contribution in [3.05, 3.63) is 12.2 Å². The summed E-state index contributed by atoms with van der Waals surface area (Å²) in [7, 11) is 0. The zero-order valence-corrected chi connectivity index (χ0v) is 6.68. The second kappa shape index (κ2) is 2.36. The fourth-order valence-electron chi connectivity index (χ4n) is 2.00. The monoisotopic (exact) mass is 151 g/mol. The molecule has 0 N–H and O–H groups in total. The van der Waals surface area contributed by atoms with Crippen LogP contribution in [0.15, 0.2) is 12.2 Å². The van der Waals surface area contributed by atoms with Gasteiger partial charge < -0.3 is 4.90 Å². The van der Waals surface area contributed by atoms with Crippen molar-refractivity contribution < 1.29 is 4.79 Å². The Bertz CT molecular complexity index is 210. The van der Waals surface area contributed by atoms with E-state index in [9.17, 15) is 4.79 Å². The molecule has 1 atom stereocenters. The quantitative estimate of drug-likeness (QED) is 0.478. The maximum Gasteiger partial charge on any atom is 0.223 e. The largest absolute Gasteiger partial charge is 0.336 e. The van der Waals surface area contributed by atoms with Gasteiger partial charge in [0, 0.05) is 19.0 Å². The average molecular weight is 151 g/mol. The van der Waals surface area contributed by atoms with E-state index in [2.05, 4.69) is 6.58 Å². The van der Waals surface area contributed by atoms with Gasteiger partial charge >= 0.3 is 0 Å². The second-order valence-electron chi connectivity index (χ2n) is 3.50. The molecule has 0 saturated carbocycles. The fraction of sp³-hybridized carbons (Fsp3) is 0.667. The van der Waals surface area contributed by atoms with Gasteiger partial charge in [-0.2, -0.15) is 0 Å². The molecule has 11 heavy (non-hydrogen) atoms.